The molecule has 2 aliphatic rings. The number of fused-ring (bicyclic) bond motifs is 3. The van der Waals surface area contributed by atoms with Gasteiger partial charge in [-0.1, -0.05) is 79.7 Å². The molecular weight excluding hydrogens is 1370 g/mol. The number of imide groups is 1. The van der Waals surface area contributed by atoms with Gasteiger partial charge in [0.05, 0.1) is 18.6 Å². The molecule has 31 heteroatoms. The number of rotatable bonds is 38. The molecular formula is C73H98N16O13S2. The Labute approximate surface area is 614 Å². The van der Waals surface area contributed by atoms with Gasteiger partial charge in [-0.2, -0.15) is 25.3 Å². The maximum absolute atomic E-state index is 15.1. The van der Waals surface area contributed by atoms with Crippen molar-refractivity contribution in [3.05, 3.63) is 137 Å². The summed E-state index contributed by atoms with van der Waals surface area (Å²) in [5.41, 5.74) is 17.1. The number of phenolic OH excluding ortho intramolecular Hbond substituents is 1. The second-order valence-corrected chi connectivity index (χ2v) is 27.3. The van der Waals surface area contributed by atoms with Crippen LogP contribution in [0.25, 0.3) is 21.8 Å². The number of urea groups is 1. The van der Waals surface area contributed by atoms with Gasteiger partial charge in [0, 0.05) is 103 Å². The van der Waals surface area contributed by atoms with Crippen molar-refractivity contribution in [2.75, 3.05) is 57.8 Å². The van der Waals surface area contributed by atoms with E-state index in [4.69, 9.17) is 11.5 Å². The van der Waals surface area contributed by atoms with E-state index in [1.165, 1.54) is 52.6 Å². The number of hydrogen-bond acceptors (Lipinski definition) is 18. The molecule has 1 fully saturated rings. The summed E-state index contributed by atoms with van der Waals surface area (Å²) in [6.45, 7) is 5.73. The lowest BCUT2D eigenvalue weighted by atomic mass is 9.73. The minimum absolute atomic E-state index is 0.00130. The number of unbranched alkanes of at least 4 members (excludes halogenated alkanes) is 1. The molecule has 18 N–H and O–H groups in total. The number of aromatic hydroxyl groups is 1. The molecule has 1 aliphatic carbocycles. The smallest absolute Gasteiger partial charge is 0.324 e. The summed E-state index contributed by atoms with van der Waals surface area (Å²) in [5, 5.41) is 49.9. The van der Waals surface area contributed by atoms with E-state index < -0.39 is 120 Å². The van der Waals surface area contributed by atoms with E-state index in [9.17, 15) is 58.2 Å². The fourth-order valence-electron chi connectivity index (χ4n) is 13.3. The molecule has 12 atom stereocenters. The summed E-state index contributed by atoms with van der Waals surface area (Å²) < 4.78 is 0. The Morgan fingerprint density at radius 1 is 0.615 bits per heavy atom. The number of piperidine rings is 1. The number of carbonyl (C=O) groups is 11. The van der Waals surface area contributed by atoms with Crippen molar-refractivity contribution < 1.29 is 63.0 Å². The SMILES string of the molecule is CCNC(=O)N(CCCN(C)CC(=O)N[C@H](Cc1ccccc1)C(=O)N[C@@H](CS)C(=O)N[C@@H](Cc1ccc(O)cc1)C(=O)N[C@H](Cc1c[nH]c2ccccc12)C(=O)N[C@@H](CCCCN)C(=O)N[C@@H](CC)C(=O)N[C@@H](CS)C(=O)N[C@H](C(N)=O)[C@@H](C)O)C(=O)[C@@H]1CN[C@@H]2Cc3c[nH]c4cccc(c34)[C@H]2C1. The fraction of sp³-hybridized carbons (Fsp3) is 0.466. The highest BCUT2D eigenvalue weighted by Gasteiger charge is 2.42. The van der Waals surface area contributed by atoms with Crippen molar-refractivity contribution in [2.45, 2.75) is 151 Å². The summed E-state index contributed by atoms with van der Waals surface area (Å²) in [6.07, 6.45) is 4.44. The Hall–Kier alpha value is -9.53. The lowest BCUT2D eigenvalue weighted by Crippen LogP contribution is -2.61. The number of amides is 12. The lowest BCUT2D eigenvalue weighted by Gasteiger charge is -2.40. The van der Waals surface area contributed by atoms with E-state index in [-0.39, 0.29) is 93.4 Å². The monoisotopic (exact) mass is 1470 g/mol. The number of primary amides is 1. The number of aromatic amines is 2. The number of aliphatic hydroxyl groups excluding tert-OH is 1. The average molecular weight is 1470 g/mol. The number of aliphatic hydroxyl groups is 1. The van der Waals surface area contributed by atoms with Crippen molar-refractivity contribution in [3.8, 4) is 5.75 Å². The van der Waals surface area contributed by atoms with E-state index in [1.807, 2.05) is 36.5 Å². The van der Waals surface area contributed by atoms with E-state index in [1.54, 1.807) is 68.4 Å². The molecule has 0 saturated carbocycles. The number of phenols is 1. The van der Waals surface area contributed by atoms with Gasteiger partial charge < -0.3 is 84.8 Å². The van der Waals surface area contributed by atoms with E-state index in [2.05, 4.69) is 94.5 Å². The summed E-state index contributed by atoms with van der Waals surface area (Å²) >= 11 is 8.65. The summed E-state index contributed by atoms with van der Waals surface area (Å²) in [6, 6.07) is 16.7. The van der Waals surface area contributed by atoms with Gasteiger partial charge in [-0.3, -0.25) is 57.7 Å². The van der Waals surface area contributed by atoms with E-state index in [0.29, 0.717) is 66.4 Å². The van der Waals surface area contributed by atoms with Crippen molar-refractivity contribution in [1.82, 2.24) is 72.9 Å². The van der Waals surface area contributed by atoms with Crippen LogP contribution in [0.4, 0.5) is 4.79 Å². The third-order valence-corrected chi connectivity index (χ3v) is 19.6. The van der Waals surface area contributed by atoms with E-state index in [0.717, 1.165) is 11.9 Å². The van der Waals surface area contributed by atoms with Crippen molar-refractivity contribution in [3.63, 3.8) is 0 Å². The molecule has 1 aliphatic heterocycles. The fourth-order valence-corrected chi connectivity index (χ4v) is 13.8. The third-order valence-electron chi connectivity index (χ3n) is 18.8. The minimum atomic E-state index is -1.49. The number of hydrogen-bond donors (Lipinski definition) is 18. The predicted octanol–water partition coefficient (Wildman–Crippen LogP) is 0.724. The Bertz CT molecular complexity index is 3970. The Morgan fingerprint density at radius 2 is 1.17 bits per heavy atom. The summed E-state index contributed by atoms with van der Waals surface area (Å²) in [7, 11) is 1.70. The van der Waals surface area contributed by atoms with Crippen LogP contribution < -0.4 is 64.6 Å². The molecule has 0 radical (unpaired) electrons. The maximum Gasteiger partial charge on any atom is 0.324 e. The Kier molecular flexibility index (Phi) is 29.9. The molecule has 29 nitrogen and oxygen atoms in total. The average Bonchev–Trinajstić information content (AvgIpc) is 1.56. The van der Waals surface area contributed by atoms with Crippen LogP contribution in [-0.4, -0.2) is 213 Å². The number of nitrogens with zero attached hydrogens (tertiary/aromatic N) is 2. The molecule has 6 aromatic rings. The second kappa shape index (κ2) is 38.8. The highest BCUT2D eigenvalue weighted by atomic mass is 32.1. The van der Waals surface area contributed by atoms with Gasteiger partial charge in [0.1, 0.15) is 54.1 Å². The van der Waals surface area contributed by atoms with Crippen molar-refractivity contribution >= 4 is 112 Å². The summed E-state index contributed by atoms with van der Waals surface area (Å²) in [4.78, 5) is 164. The second-order valence-electron chi connectivity index (χ2n) is 26.6. The quantitative estimate of drug-likeness (QED) is 0.0188. The molecule has 8 rings (SSSR count). The van der Waals surface area contributed by atoms with Gasteiger partial charge in [0.2, 0.25) is 59.1 Å². The van der Waals surface area contributed by atoms with Crippen LogP contribution in [0.5, 0.6) is 5.75 Å². The van der Waals surface area contributed by atoms with Gasteiger partial charge in [-0.05, 0) is 124 Å². The molecule has 2 aromatic heterocycles. The predicted molar refractivity (Wildman–Crippen MR) is 399 cm³/mol. The third kappa shape index (κ3) is 21.8. The first kappa shape index (κ1) is 80.2. The number of H-pyrrole nitrogens is 2. The number of likely N-dealkylation sites (N-methyl/N-ethyl adjacent to an activating group) is 1. The molecule has 560 valence electrons. The zero-order chi connectivity index (χ0) is 75.1. The number of benzene rings is 4. The molecule has 0 bridgehead atoms. The van der Waals surface area contributed by atoms with Crippen molar-refractivity contribution in [1.29, 1.82) is 0 Å². The van der Waals surface area contributed by atoms with Gasteiger partial charge in [-0.15, -0.1) is 0 Å². The highest BCUT2D eigenvalue weighted by Crippen LogP contribution is 2.42. The zero-order valence-electron chi connectivity index (χ0n) is 58.9. The van der Waals surface area contributed by atoms with Gasteiger partial charge in [0.25, 0.3) is 0 Å². The summed E-state index contributed by atoms with van der Waals surface area (Å²) in [5.74, 6) is -8.75. The standard InChI is InChI=1S/C73H98N16O13S2/c1-5-51(65(94)85-60(40-104)71(100)87-63(41(3)90)64(75)93)81-66(95)54(21-12-13-27-74)82-69(98)58(33-44-35-77-52-20-11-10-18-48(44)52)84-68(97)57(31-43-23-25-47(91)26-24-43)83-70(99)59(39-103)86-67(96)56(30-42-16-8-7-9-17-42)80-61(92)38-88(4)28-15-29-89(73(102)76-6-2)72(101)46-32-50-49-19-14-22-53-62(49)45(36-78-53)34-55(50)79-37-46/h7-11,14,16-20,22-26,35-36,41,46,50-51,54-60,63,77-79,90-91,103-104H,5-6,12-13,15,21,27-34,37-40,74H2,1-4H3,(H2,75,93)(H,76,102)(H,80,92)(H,81,95)(H,82,98)(H,83,99)(H,84,97)(H,85,94)(H,86,96)(H,87,100)/t41-,46+,50-,51+,54+,55-,56-,57+,58-,59+,60+,63+/m1/s1. The van der Waals surface area contributed by atoms with Crippen LogP contribution in [0.3, 0.4) is 0 Å². The molecule has 12 amide bonds. The number of nitrogens with two attached hydrogens (primary N) is 2. The molecule has 0 spiro atoms. The van der Waals surface area contributed by atoms with Crippen LogP contribution in [0.15, 0.2) is 109 Å². The van der Waals surface area contributed by atoms with E-state index >= 15 is 4.79 Å². The molecule has 4 aromatic carbocycles. The normalized spacial score (nSPS) is 17.2. The molecule has 1 saturated heterocycles. The topological polar surface area (TPSA) is 439 Å². The number of aromatic nitrogens is 2. The number of carbonyl (C=O) groups excluding carboxylic acids is 11. The number of nitrogens with one attached hydrogen (secondary N) is 12. The minimum Gasteiger partial charge on any atom is -0.508 e. The van der Waals surface area contributed by atoms with Gasteiger partial charge in [-0.25, -0.2) is 4.79 Å². The van der Waals surface area contributed by atoms with Crippen LogP contribution in [0, 0.1) is 5.92 Å². The largest absolute Gasteiger partial charge is 0.508 e. The first-order valence-electron chi connectivity index (χ1n) is 35.2. The Balaban J connectivity index is 0.949. The molecule has 3 heterocycles. The van der Waals surface area contributed by atoms with Crippen molar-refractivity contribution in [2.24, 2.45) is 17.4 Å². The van der Waals surface area contributed by atoms with Crippen LogP contribution in [-0.2, 0) is 73.6 Å². The lowest BCUT2D eigenvalue weighted by molar-refractivity contribution is -0.136. The Morgan fingerprint density at radius 3 is 1.81 bits per heavy atom. The van der Waals surface area contributed by atoms with Crippen LogP contribution >= 0.6 is 25.3 Å². The molecule has 104 heavy (non-hydrogen) atoms. The number of para-hydroxylation sites is 1. The van der Waals surface area contributed by atoms with Crippen LogP contribution in [0.1, 0.15) is 93.0 Å². The highest BCUT2D eigenvalue weighted by molar-refractivity contribution is 7.80. The molecule has 0 unspecified atom stereocenters. The van der Waals surface area contributed by atoms with Crippen LogP contribution in [0.2, 0.25) is 0 Å². The zero-order valence-corrected chi connectivity index (χ0v) is 60.7. The first-order chi connectivity index (χ1) is 49.9. The first-order valence-corrected chi connectivity index (χ1v) is 36.5. The maximum atomic E-state index is 15.1. The van der Waals surface area contributed by atoms with Gasteiger partial charge in [0.15, 0.2) is 0 Å². The number of thiol groups is 2. The van der Waals surface area contributed by atoms with Gasteiger partial charge >= 0.3 is 6.03 Å².